The molecule has 24 heavy (non-hydrogen) atoms. The topological polar surface area (TPSA) is 75.2 Å². The van der Waals surface area contributed by atoms with Gasteiger partial charge in [-0.05, 0) is 34.2 Å². The van der Waals surface area contributed by atoms with E-state index in [1.165, 1.54) is 0 Å². The number of ether oxygens (including phenoxy) is 2. The minimum Gasteiger partial charge on any atom is -0.463 e. The van der Waals surface area contributed by atoms with E-state index in [4.69, 9.17) is 9.47 Å². The van der Waals surface area contributed by atoms with Gasteiger partial charge in [-0.3, -0.25) is 9.79 Å². The van der Waals surface area contributed by atoms with Crippen molar-refractivity contribution < 1.29 is 14.3 Å². The fraction of sp³-hybridized carbons (Fsp3) is 0.875. The minimum atomic E-state index is -0.193. The molecule has 0 unspecified atom stereocenters. The van der Waals surface area contributed by atoms with E-state index in [1.54, 1.807) is 7.11 Å². The van der Waals surface area contributed by atoms with Gasteiger partial charge in [0.2, 0.25) is 0 Å². The van der Waals surface area contributed by atoms with Crippen LogP contribution in [0.25, 0.3) is 0 Å². The minimum absolute atomic E-state index is 0. The number of guanidine groups is 1. The summed E-state index contributed by atoms with van der Waals surface area (Å²) in [6, 6.07) is 0. The van der Waals surface area contributed by atoms with Crippen LogP contribution in [0.15, 0.2) is 4.99 Å². The van der Waals surface area contributed by atoms with Crippen molar-refractivity contribution >= 4 is 35.9 Å². The molecule has 0 aromatic carbocycles. The maximum atomic E-state index is 11.5. The van der Waals surface area contributed by atoms with Gasteiger partial charge < -0.3 is 25.0 Å². The number of methoxy groups -OCH3 is 1. The molecule has 0 saturated carbocycles. The lowest BCUT2D eigenvalue weighted by Gasteiger charge is -2.16. The number of carbonyl (C=O) groups is 1. The van der Waals surface area contributed by atoms with E-state index in [0.717, 1.165) is 38.6 Å². The van der Waals surface area contributed by atoms with Gasteiger partial charge in [-0.15, -0.1) is 24.0 Å². The first-order valence-corrected chi connectivity index (χ1v) is 8.38. The summed E-state index contributed by atoms with van der Waals surface area (Å²) in [4.78, 5) is 18.2. The number of likely N-dealkylation sites (N-methyl/N-ethyl adjacent to an activating group) is 1. The first kappa shape index (κ1) is 25.6. The monoisotopic (exact) mass is 458 g/mol. The predicted octanol–water partition coefficient (Wildman–Crippen LogP) is 1.47. The van der Waals surface area contributed by atoms with E-state index in [9.17, 15) is 4.79 Å². The van der Waals surface area contributed by atoms with E-state index in [1.807, 2.05) is 20.8 Å². The van der Waals surface area contributed by atoms with Crippen LogP contribution in [0.1, 0.15) is 33.6 Å². The largest absolute Gasteiger partial charge is 0.463 e. The van der Waals surface area contributed by atoms with Crippen molar-refractivity contribution in [1.82, 2.24) is 15.5 Å². The molecule has 0 rings (SSSR count). The normalized spacial score (nSPS) is 11.4. The van der Waals surface area contributed by atoms with Gasteiger partial charge in [-0.25, -0.2) is 0 Å². The highest BCUT2D eigenvalue weighted by Gasteiger charge is 2.06. The Balaban J connectivity index is 0. The van der Waals surface area contributed by atoms with Crippen LogP contribution >= 0.6 is 24.0 Å². The van der Waals surface area contributed by atoms with Crippen LogP contribution in [-0.4, -0.2) is 76.4 Å². The molecule has 2 N–H and O–H groups in total. The van der Waals surface area contributed by atoms with Crippen molar-refractivity contribution in [2.45, 2.75) is 39.7 Å². The van der Waals surface area contributed by atoms with E-state index in [2.05, 4.69) is 27.6 Å². The van der Waals surface area contributed by atoms with E-state index < -0.39 is 0 Å². The van der Waals surface area contributed by atoms with E-state index in [-0.39, 0.29) is 36.0 Å². The molecule has 0 saturated heterocycles. The Bertz CT molecular complexity index is 341. The van der Waals surface area contributed by atoms with Gasteiger partial charge >= 0.3 is 5.97 Å². The SMILES string of the molecule is CCNC(=NCCN(C)CCCOC)NCCC(=O)OC(C)C.I. The lowest BCUT2D eigenvalue weighted by atomic mass is 10.4. The van der Waals surface area contributed by atoms with Crippen molar-refractivity contribution in [3.05, 3.63) is 0 Å². The summed E-state index contributed by atoms with van der Waals surface area (Å²) in [5.74, 6) is 0.538. The van der Waals surface area contributed by atoms with Gasteiger partial charge in [0.1, 0.15) is 0 Å². The number of hydrogen-bond donors (Lipinski definition) is 2. The van der Waals surface area contributed by atoms with Crippen molar-refractivity contribution in [2.75, 3.05) is 53.5 Å². The van der Waals surface area contributed by atoms with Crippen LogP contribution in [-0.2, 0) is 14.3 Å². The Morgan fingerprint density at radius 1 is 1.25 bits per heavy atom. The van der Waals surface area contributed by atoms with Crippen LogP contribution in [0.5, 0.6) is 0 Å². The van der Waals surface area contributed by atoms with Crippen molar-refractivity contribution in [3.8, 4) is 0 Å². The Kier molecular flexibility index (Phi) is 18.4. The second kappa shape index (κ2) is 17.2. The van der Waals surface area contributed by atoms with Crippen LogP contribution in [0, 0.1) is 0 Å². The zero-order valence-electron chi connectivity index (χ0n) is 15.8. The molecule has 0 heterocycles. The maximum Gasteiger partial charge on any atom is 0.307 e. The Morgan fingerprint density at radius 3 is 2.54 bits per heavy atom. The number of rotatable bonds is 12. The lowest BCUT2D eigenvalue weighted by molar-refractivity contribution is -0.147. The fourth-order valence-electron chi connectivity index (χ4n) is 1.87. The Labute approximate surface area is 164 Å². The van der Waals surface area contributed by atoms with Crippen LogP contribution in [0.2, 0.25) is 0 Å². The highest BCUT2D eigenvalue weighted by Crippen LogP contribution is 1.92. The smallest absolute Gasteiger partial charge is 0.307 e. The third-order valence-corrected chi connectivity index (χ3v) is 2.97. The van der Waals surface area contributed by atoms with Crippen LogP contribution < -0.4 is 10.6 Å². The average Bonchev–Trinajstić information content (AvgIpc) is 2.46. The first-order chi connectivity index (χ1) is 11.0. The molecule has 0 aromatic rings. The number of hydrogen-bond acceptors (Lipinski definition) is 5. The predicted molar refractivity (Wildman–Crippen MR) is 109 cm³/mol. The second-order valence-electron chi connectivity index (χ2n) is 5.63. The van der Waals surface area contributed by atoms with Crippen molar-refractivity contribution in [1.29, 1.82) is 0 Å². The molecule has 144 valence electrons. The van der Waals surface area contributed by atoms with Crippen molar-refractivity contribution in [2.24, 2.45) is 4.99 Å². The molecule has 0 aliphatic heterocycles. The number of carbonyl (C=O) groups excluding carboxylic acids is 1. The molecule has 0 spiro atoms. The molecule has 7 nitrogen and oxygen atoms in total. The molecule has 0 aromatic heterocycles. The summed E-state index contributed by atoms with van der Waals surface area (Å²) in [6.07, 6.45) is 1.28. The van der Waals surface area contributed by atoms with Gasteiger partial charge in [-0.1, -0.05) is 0 Å². The molecule has 8 heteroatoms. The molecule has 0 atom stereocenters. The number of nitrogens with one attached hydrogen (secondary N) is 2. The van der Waals surface area contributed by atoms with Gasteiger partial charge in [0.15, 0.2) is 5.96 Å². The molecule has 0 aliphatic rings. The summed E-state index contributed by atoms with van der Waals surface area (Å²) in [6.45, 7) is 10.4. The number of nitrogens with zero attached hydrogens (tertiary/aromatic N) is 2. The van der Waals surface area contributed by atoms with E-state index in [0.29, 0.717) is 19.5 Å². The Morgan fingerprint density at radius 2 is 1.96 bits per heavy atom. The number of halogens is 1. The standard InChI is InChI=1S/C16H34N4O3.HI/c1-6-17-16(18-9-8-15(21)23-14(2)3)19-10-12-20(4)11-7-13-22-5;/h14H,6-13H2,1-5H3,(H2,17,18,19);1H. The molecule has 0 fully saturated rings. The fourth-order valence-corrected chi connectivity index (χ4v) is 1.87. The van der Waals surface area contributed by atoms with Gasteiger partial charge in [-0.2, -0.15) is 0 Å². The third kappa shape index (κ3) is 16.3. The zero-order chi connectivity index (χ0) is 17.5. The lowest BCUT2D eigenvalue weighted by Crippen LogP contribution is -2.39. The Hall–Kier alpha value is -0.610. The molecule has 0 bridgehead atoms. The van der Waals surface area contributed by atoms with Crippen LogP contribution in [0.4, 0.5) is 0 Å². The molecular weight excluding hydrogens is 423 g/mol. The average molecular weight is 458 g/mol. The molecule has 0 radical (unpaired) electrons. The van der Waals surface area contributed by atoms with Gasteiger partial charge in [0.25, 0.3) is 0 Å². The maximum absolute atomic E-state index is 11.5. The van der Waals surface area contributed by atoms with Gasteiger partial charge in [0.05, 0.1) is 19.1 Å². The molecule has 0 aliphatic carbocycles. The summed E-state index contributed by atoms with van der Waals surface area (Å²) in [5.41, 5.74) is 0. The highest BCUT2D eigenvalue weighted by molar-refractivity contribution is 14.0. The summed E-state index contributed by atoms with van der Waals surface area (Å²) >= 11 is 0. The third-order valence-electron chi connectivity index (χ3n) is 2.97. The highest BCUT2D eigenvalue weighted by atomic mass is 127. The zero-order valence-corrected chi connectivity index (χ0v) is 18.1. The van der Waals surface area contributed by atoms with Gasteiger partial charge in [0, 0.05) is 39.9 Å². The summed E-state index contributed by atoms with van der Waals surface area (Å²) in [5, 5.41) is 6.32. The quantitative estimate of drug-likeness (QED) is 0.152. The first-order valence-electron chi connectivity index (χ1n) is 8.38. The molecular formula is C16H35IN4O3. The van der Waals surface area contributed by atoms with Crippen molar-refractivity contribution in [3.63, 3.8) is 0 Å². The summed E-state index contributed by atoms with van der Waals surface area (Å²) in [7, 11) is 3.79. The second-order valence-corrected chi connectivity index (χ2v) is 5.63. The summed E-state index contributed by atoms with van der Waals surface area (Å²) < 4.78 is 10.1. The molecule has 0 amide bonds. The van der Waals surface area contributed by atoms with Crippen LogP contribution in [0.3, 0.4) is 0 Å². The number of aliphatic imine (C=N–C) groups is 1. The van der Waals surface area contributed by atoms with E-state index >= 15 is 0 Å². The number of esters is 1.